The van der Waals surface area contributed by atoms with Crippen LogP contribution in [-0.2, 0) is 0 Å². The van der Waals surface area contributed by atoms with Gasteiger partial charge in [-0.15, -0.1) is 0 Å². The zero-order valence-corrected chi connectivity index (χ0v) is 11.9. The number of aromatic nitrogens is 1. The molecule has 92 valence electrons. The van der Waals surface area contributed by atoms with Crippen molar-refractivity contribution in [3.63, 3.8) is 0 Å². The predicted octanol–water partition coefficient (Wildman–Crippen LogP) is 4.06. The van der Waals surface area contributed by atoms with Gasteiger partial charge in [-0.3, -0.25) is 9.78 Å². The van der Waals surface area contributed by atoms with Gasteiger partial charge < -0.3 is 5.32 Å². The van der Waals surface area contributed by atoms with Crippen LogP contribution in [0.4, 0.5) is 5.69 Å². The Hall–Kier alpha value is -1.39. The van der Waals surface area contributed by atoms with Gasteiger partial charge in [0.1, 0.15) is 0 Å². The lowest BCUT2D eigenvalue weighted by Gasteiger charge is -2.08. The Bertz CT molecular complexity index is 581. The molecule has 0 fully saturated rings. The highest BCUT2D eigenvalue weighted by Crippen LogP contribution is 2.21. The molecule has 1 aromatic carbocycles. The normalized spacial score (nSPS) is 10.2. The fourth-order valence-electron chi connectivity index (χ4n) is 1.49. The molecule has 2 rings (SSSR count). The molecular weight excluding hydrogens is 316 g/mol. The monoisotopic (exact) mass is 324 g/mol. The van der Waals surface area contributed by atoms with Crippen LogP contribution in [0.5, 0.6) is 0 Å². The SMILES string of the molecule is Cc1cnccc1NC(=O)c1cc(Cl)cc(Br)c1. The molecule has 0 saturated carbocycles. The molecule has 5 heteroatoms. The van der Waals surface area contributed by atoms with Gasteiger partial charge in [-0.1, -0.05) is 27.5 Å². The van der Waals surface area contributed by atoms with Crippen LogP contribution in [-0.4, -0.2) is 10.9 Å². The average molecular weight is 326 g/mol. The van der Waals surface area contributed by atoms with Crippen LogP contribution in [0.15, 0.2) is 41.1 Å². The van der Waals surface area contributed by atoms with Crippen molar-refractivity contribution >= 4 is 39.1 Å². The Labute approximate surface area is 118 Å². The molecule has 0 bridgehead atoms. The lowest BCUT2D eigenvalue weighted by molar-refractivity contribution is 0.102. The Morgan fingerprint density at radius 1 is 1.39 bits per heavy atom. The van der Waals surface area contributed by atoms with Crippen LogP contribution in [0, 0.1) is 6.92 Å². The molecular formula is C13H10BrClN2O. The van der Waals surface area contributed by atoms with Crippen molar-refractivity contribution in [1.29, 1.82) is 0 Å². The third kappa shape index (κ3) is 3.09. The second kappa shape index (κ2) is 5.50. The summed E-state index contributed by atoms with van der Waals surface area (Å²) in [5.41, 5.74) is 2.16. The van der Waals surface area contributed by atoms with E-state index >= 15 is 0 Å². The number of anilines is 1. The minimum Gasteiger partial charge on any atom is -0.322 e. The smallest absolute Gasteiger partial charge is 0.255 e. The average Bonchev–Trinajstić information content (AvgIpc) is 2.31. The molecule has 2 aromatic rings. The molecule has 0 aliphatic rings. The topological polar surface area (TPSA) is 42.0 Å². The van der Waals surface area contributed by atoms with Crippen molar-refractivity contribution in [1.82, 2.24) is 4.98 Å². The lowest BCUT2D eigenvalue weighted by Crippen LogP contribution is -2.12. The predicted molar refractivity (Wildman–Crippen MR) is 76.1 cm³/mol. The third-order valence-corrected chi connectivity index (χ3v) is 3.07. The second-order valence-corrected chi connectivity index (χ2v) is 5.15. The number of benzene rings is 1. The number of nitrogens with one attached hydrogen (secondary N) is 1. The summed E-state index contributed by atoms with van der Waals surface area (Å²) >= 11 is 9.22. The zero-order valence-electron chi connectivity index (χ0n) is 9.58. The summed E-state index contributed by atoms with van der Waals surface area (Å²) in [6.07, 6.45) is 3.33. The van der Waals surface area contributed by atoms with Gasteiger partial charge in [0.15, 0.2) is 0 Å². The largest absolute Gasteiger partial charge is 0.322 e. The number of pyridine rings is 1. The Kier molecular flexibility index (Phi) is 3.99. The number of amides is 1. The Balaban J connectivity index is 2.25. The highest BCUT2D eigenvalue weighted by Gasteiger charge is 2.09. The molecule has 1 amide bonds. The van der Waals surface area contributed by atoms with Gasteiger partial charge in [0.25, 0.3) is 5.91 Å². The van der Waals surface area contributed by atoms with Gasteiger partial charge in [-0.25, -0.2) is 0 Å². The van der Waals surface area contributed by atoms with Crippen LogP contribution < -0.4 is 5.32 Å². The number of halogens is 2. The number of rotatable bonds is 2. The van der Waals surface area contributed by atoms with Crippen molar-refractivity contribution in [2.45, 2.75) is 6.92 Å². The molecule has 1 aromatic heterocycles. The van der Waals surface area contributed by atoms with Crippen LogP contribution in [0.3, 0.4) is 0 Å². The van der Waals surface area contributed by atoms with Crippen molar-refractivity contribution in [2.75, 3.05) is 5.32 Å². The summed E-state index contributed by atoms with van der Waals surface area (Å²) in [7, 11) is 0. The number of hydrogen-bond donors (Lipinski definition) is 1. The number of carbonyl (C=O) groups is 1. The first-order valence-electron chi connectivity index (χ1n) is 5.24. The van der Waals surface area contributed by atoms with Gasteiger partial charge in [-0.2, -0.15) is 0 Å². The Morgan fingerprint density at radius 3 is 2.83 bits per heavy atom. The molecule has 0 saturated heterocycles. The van der Waals surface area contributed by atoms with E-state index in [1.54, 1.807) is 36.7 Å². The quantitative estimate of drug-likeness (QED) is 0.905. The first kappa shape index (κ1) is 13.1. The third-order valence-electron chi connectivity index (χ3n) is 2.39. The van der Waals surface area contributed by atoms with E-state index in [9.17, 15) is 4.79 Å². The first-order chi connectivity index (χ1) is 8.56. The molecule has 3 nitrogen and oxygen atoms in total. The molecule has 0 aliphatic carbocycles. The van der Waals surface area contributed by atoms with E-state index in [4.69, 9.17) is 11.6 Å². The van der Waals surface area contributed by atoms with Gasteiger partial charge in [-0.05, 0) is 36.8 Å². The van der Waals surface area contributed by atoms with E-state index in [0.29, 0.717) is 10.6 Å². The van der Waals surface area contributed by atoms with E-state index in [-0.39, 0.29) is 5.91 Å². The van der Waals surface area contributed by atoms with Gasteiger partial charge in [0, 0.05) is 33.1 Å². The maximum Gasteiger partial charge on any atom is 0.255 e. The van der Waals surface area contributed by atoms with Crippen molar-refractivity contribution in [3.8, 4) is 0 Å². The molecule has 0 spiro atoms. The zero-order chi connectivity index (χ0) is 13.1. The minimum absolute atomic E-state index is 0.201. The fraction of sp³-hybridized carbons (Fsp3) is 0.0769. The van der Waals surface area contributed by atoms with Crippen LogP contribution in [0.2, 0.25) is 5.02 Å². The maximum absolute atomic E-state index is 12.1. The van der Waals surface area contributed by atoms with E-state index < -0.39 is 0 Å². The minimum atomic E-state index is -0.201. The van der Waals surface area contributed by atoms with E-state index in [1.807, 2.05) is 6.92 Å². The van der Waals surface area contributed by atoms with Gasteiger partial charge in [0.05, 0.1) is 0 Å². The van der Waals surface area contributed by atoms with Crippen LogP contribution >= 0.6 is 27.5 Å². The standard InChI is InChI=1S/C13H10BrClN2O/c1-8-7-16-3-2-12(8)17-13(18)9-4-10(14)6-11(15)5-9/h2-7H,1H3,(H,16,17,18). The molecule has 0 radical (unpaired) electrons. The van der Waals surface area contributed by atoms with Gasteiger partial charge in [0.2, 0.25) is 0 Å². The summed E-state index contributed by atoms with van der Waals surface area (Å²) in [6.45, 7) is 1.89. The number of carbonyl (C=O) groups excluding carboxylic acids is 1. The first-order valence-corrected chi connectivity index (χ1v) is 6.41. The van der Waals surface area contributed by atoms with E-state index in [1.165, 1.54) is 0 Å². The van der Waals surface area contributed by atoms with E-state index in [2.05, 4.69) is 26.2 Å². The number of hydrogen-bond acceptors (Lipinski definition) is 2. The van der Waals surface area contributed by atoms with Crippen molar-refractivity contribution in [2.24, 2.45) is 0 Å². The highest BCUT2D eigenvalue weighted by atomic mass is 79.9. The highest BCUT2D eigenvalue weighted by molar-refractivity contribution is 9.10. The van der Waals surface area contributed by atoms with Crippen LogP contribution in [0.25, 0.3) is 0 Å². The molecule has 1 N–H and O–H groups in total. The maximum atomic E-state index is 12.1. The summed E-state index contributed by atoms with van der Waals surface area (Å²) in [4.78, 5) is 16.0. The summed E-state index contributed by atoms with van der Waals surface area (Å²) in [5.74, 6) is -0.201. The second-order valence-electron chi connectivity index (χ2n) is 3.80. The van der Waals surface area contributed by atoms with Crippen LogP contribution in [0.1, 0.15) is 15.9 Å². The summed E-state index contributed by atoms with van der Waals surface area (Å²) in [6, 6.07) is 6.83. The summed E-state index contributed by atoms with van der Waals surface area (Å²) in [5, 5.41) is 3.34. The van der Waals surface area contributed by atoms with Crippen molar-refractivity contribution in [3.05, 3.63) is 57.3 Å². The molecule has 0 unspecified atom stereocenters. The molecule has 18 heavy (non-hydrogen) atoms. The van der Waals surface area contributed by atoms with Crippen molar-refractivity contribution < 1.29 is 4.79 Å². The fourth-order valence-corrected chi connectivity index (χ4v) is 2.35. The number of nitrogens with zero attached hydrogens (tertiary/aromatic N) is 1. The molecule has 0 atom stereocenters. The Morgan fingerprint density at radius 2 is 2.17 bits per heavy atom. The molecule has 0 aliphatic heterocycles. The van der Waals surface area contributed by atoms with Gasteiger partial charge >= 0.3 is 0 Å². The van der Waals surface area contributed by atoms with E-state index in [0.717, 1.165) is 15.7 Å². The number of aryl methyl sites for hydroxylation is 1. The molecule has 1 heterocycles. The lowest BCUT2D eigenvalue weighted by atomic mass is 10.2. The summed E-state index contributed by atoms with van der Waals surface area (Å²) < 4.78 is 0.770.